The molecule has 1 saturated heterocycles. The SMILES string of the molecule is CC(C)C1C(=O)N2C(C(=O)OCc3ccccc3)=C(S)CC12. The monoisotopic (exact) mass is 317 g/mol. The van der Waals surface area contributed by atoms with Crippen molar-refractivity contribution in [2.45, 2.75) is 32.9 Å². The van der Waals surface area contributed by atoms with E-state index in [0.717, 1.165) is 5.56 Å². The number of thiol groups is 1. The van der Waals surface area contributed by atoms with Crippen LogP contribution in [0.25, 0.3) is 0 Å². The fraction of sp³-hybridized carbons (Fsp3) is 0.412. The Morgan fingerprint density at radius 2 is 2.05 bits per heavy atom. The Bertz CT molecular complexity index is 639. The van der Waals surface area contributed by atoms with E-state index >= 15 is 0 Å². The molecular weight excluding hydrogens is 298 g/mol. The highest BCUT2D eigenvalue weighted by Gasteiger charge is 2.55. The highest BCUT2D eigenvalue weighted by molar-refractivity contribution is 7.84. The lowest BCUT2D eigenvalue weighted by atomic mass is 9.79. The molecule has 1 aromatic rings. The fourth-order valence-electron chi connectivity index (χ4n) is 3.23. The summed E-state index contributed by atoms with van der Waals surface area (Å²) >= 11 is 4.40. The second-order valence-electron chi connectivity index (χ2n) is 6.11. The summed E-state index contributed by atoms with van der Waals surface area (Å²) in [6, 6.07) is 9.55. The molecule has 0 saturated carbocycles. The smallest absolute Gasteiger partial charge is 0.356 e. The normalized spacial score (nSPS) is 23.6. The number of rotatable bonds is 4. The van der Waals surface area contributed by atoms with Gasteiger partial charge < -0.3 is 9.64 Å². The van der Waals surface area contributed by atoms with Crippen LogP contribution in [0.2, 0.25) is 0 Å². The van der Waals surface area contributed by atoms with Crippen molar-refractivity contribution in [2.75, 3.05) is 0 Å². The van der Waals surface area contributed by atoms with E-state index in [2.05, 4.69) is 12.6 Å². The lowest BCUT2D eigenvalue weighted by molar-refractivity contribution is -0.159. The van der Waals surface area contributed by atoms with Crippen LogP contribution < -0.4 is 0 Å². The minimum Gasteiger partial charge on any atom is -0.456 e. The Kier molecular flexibility index (Phi) is 4.00. The number of carbonyl (C=O) groups excluding carboxylic acids is 2. The second kappa shape index (κ2) is 5.80. The second-order valence-corrected chi connectivity index (χ2v) is 6.65. The third-order valence-corrected chi connectivity index (χ3v) is 4.70. The Morgan fingerprint density at radius 3 is 2.68 bits per heavy atom. The fourth-order valence-corrected chi connectivity index (χ4v) is 3.62. The number of benzene rings is 1. The highest BCUT2D eigenvalue weighted by atomic mass is 32.1. The average molecular weight is 317 g/mol. The zero-order valence-electron chi connectivity index (χ0n) is 12.7. The first-order chi connectivity index (χ1) is 10.5. The first kappa shape index (κ1) is 15.2. The molecule has 2 aliphatic heterocycles. The highest BCUT2D eigenvalue weighted by Crippen LogP contribution is 2.46. The van der Waals surface area contributed by atoms with Crippen molar-refractivity contribution < 1.29 is 14.3 Å². The lowest BCUT2D eigenvalue weighted by Crippen LogP contribution is -2.60. The third kappa shape index (κ3) is 2.43. The molecule has 2 atom stereocenters. The zero-order valence-corrected chi connectivity index (χ0v) is 13.5. The molecule has 1 aromatic carbocycles. The molecule has 116 valence electrons. The molecule has 0 N–H and O–H groups in total. The van der Waals surface area contributed by atoms with Crippen molar-refractivity contribution in [3.8, 4) is 0 Å². The number of β-lactam (4-membered cyclic amide) rings is 1. The van der Waals surface area contributed by atoms with Crippen LogP contribution >= 0.6 is 12.6 Å². The van der Waals surface area contributed by atoms with Gasteiger partial charge in [0.2, 0.25) is 5.91 Å². The number of amides is 1. The van der Waals surface area contributed by atoms with Gasteiger partial charge in [-0.2, -0.15) is 0 Å². The van der Waals surface area contributed by atoms with E-state index in [1.807, 2.05) is 44.2 Å². The molecule has 2 unspecified atom stereocenters. The van der Waals surface area contributed by atoms with Crippen LogP contribution in [0, 0.1) is 11.8 Å². The predicted molar refractivity (Wildman–Crippen MR) is 85.8 cm³/mol. The molecule has 0 aromatic heterocycles. The molecular formula is C17H19NO3S. The maximum atomic E-state index is 12.3. The van der Waals surface area contributed by atoms with Gasteiger partial charge in [-0.05, 0) is 11.5 Å². The summed E-state index contributed by atoms with van der Waals surface area (Å²) in [5, 5.41) is 0. The summed E-state index contributed by atoms with van der Waals surface area (Å²) in [5.41, 5.74) is 1.24. The number of ether oxygens (including phenoxy) is 1. The lowest BCUT2D eigenvalue weighted by Gasteiger charge is -2.45. The number of hydrogen-bond donors (Lipinski definition) is 1. The number of nitrogens with zero attached hydrogens (tertiary/aromatic N) is 1. The van der Waals surface area contributed by atoms with E-state index < -0.39 is 5.97 Å². The Balaban J connectivity index is 1.68. The van der Waals surface area contributed by atoms with Crippen molar-refractivity contribution in [1.29, 1.82) is 0 Å². The Hall–Kier alpha value is -1.75. The van der Waals surface area contributed by atoms with Crippen LogP contribution in [0.15, 0.2) is 40.9 Å². The van der Waals surface area contributed by atoms with Crippen molar-refractivity contribution in [2.24, 2.45) is 11.8 Å². The summed E-state index contributed by atoms with van der Waals surface area (Å²) < 4.78 is 5.34. The van der Waals surface area contributed by atoms with E-state index in [1.165, 1.54) is 0 Å². The maximum absolute atomic E-state index is 12.3. The van der Waals surface area contributed by atoms with Gasteiger partial charge in [-0.3, -0.25) is 4.79 Å². The summed E-state index contributed by atoms with van der Waals surface area (Å²) in [7, 11) is 0. The molecule has 0 spiro atoms. The molecule has 2 aliphatic rings. The van der Waals surface area contributed by atoms with Gasteiger partial charge in [0.25, 0.3) is 0 Å². The van der Waals surface area contributed by atoms with Gasteiger partial charge in [-0.25, -0.2) is 4.79 Å². The molecule has 22 heavy (non-hydrogen) atoms. The first-order valence-corrected chi connectivity index (χ1v) is 7.91. The Labute approximate surface area is 135 Å². The summed E-state index contributed by atoms with van der Waals surface area (Å²) in [6.07, 6.45) is 0.646. The van der Waals surface area contributed by atoms with Gasteiger partial charge in [-0.1, -0.05) is 44.2 Å². The van der Waals surface area contributed by atoms with Crippen LogP contribution in [-0.2, 0) is 20.9 Å². The van der Waals surface area contributed by atoms with E-state index in [1.54, 1.807) is 4.90 Å². The summed E-state index contributed by atoms with van der Waals surface area (Å²) in [4.78, 5) is 26.8. The van der Waals surface area contributed by atoms with E-state index in [4.69, 9.17) is 4.74 Å². The van der Waals surface area contributed by atoms with E-state index in [-0.39, 0.29) is 30.4 Å². The van der Waals surface area contributed by atoms with E-state index in [0.29, 0.717) is 17.0 Å². The van der Waals surface area contributed by atoms with Gasteiger partial charge in [0.05, 0.1) is 12.0 Å². The van der Waals surface area contributed by atoms with Crippen LogP contribution in [-0.4, -0.2) is 22.8 Å². The average Bonchev–Trinajstić information content (AvgIpc) is 2.78. The first-order valence-electron chi connectivity index (χ1n) is 7.47. The molecule has 0 radical (unpaired) electrons. The molecule has 4 nitrogen and oxygen atoms in total. The minimum atomic E-state index is -0.466. The van der Waals surface area contributed by atoms with Crippen molar-refractivity contribution in [3.05, 3.63) is 46.5 Å². The molecule has 0 bridgehead atoms. The van der Waals surface area contributed by atoms with Crippen LogP contribution in [0.1, 0.15) is 25.8 Å². The predicted octanol–water partition coefficient (Wildman–Crippen LogP) is 2.76. The minimum absolute atomic E-state index is 0.00992. The largest absolute Gasteiger partial charge is 0.456 e. The van der Waals surface area contributed by atoms with Gasteiger partial charge in [0, 0.05) is 11.3 Å². The molecule has 1 amide bonds. The maximum Gasteiger partial charge on any atom is 0.356 e. The van der Waals surface area contributed by atoms with Gasteiger partial charge >= 0.3 is 5.97 Å². The number of fused-ring (bicyclic) bond motifs is 1. The topological polar surface area (TPSA) is 46.6 Å². The van der Waals surface area contributed by atoms with Gasteiger partial charge in [-0.15, -0.1) is 12.6 Å². The number of hydrogen-bond acceptors (Lipinski definition) is 4. The quantitative estimate of drug-likeness (QED) is 0.528. The van der Waals surface area contributed by atoms with Gasteiger partial charge in [0.1, 0.15) is 12.3 Å². The summed E-state index contributed by atoms with van der Waals surface area (Å²) in [5.74, 6) is -0.196. The summed E-state index contributed by atoms with van der Waals surface area (Å²) in [6.45, 7) is 4.26. The standard InChI is InChI=1S/C17H19NO3S/c1-10(2)14-12-8-13(22)15(18(12)16(14)19)17(20)21-9-11-6-4-3-5-7-11/h3-7,10,12,14,22H,8-9H2,1-2H3. The van der Waals surface area contributed by atoms with Gasteiger partial charge in [0.15, 0.2) is 0 Å². The third-order valence-electron chi connectivity index (χ3n) is 4.31. The molecule has 2 heterocycles. The molecule has 0 aliphatic carbocycles. The van der Waals surface area contributed by atoms with Crippen molar-refractivity contribution >= 4 is 24.5 Å². The molecule has 5 heteroatoms. The molecule has 1 fully saturated rings. The van der Waals surface area contributed by atoms with Crippen LogP contribution in [0.4, 0.5) is 0 Å². The van der Waals surface area contributed by atoms with Crippen LogP contribution in [0.5, 0.6) is 0 Å². The number of esters is 1. The number of carbonyl (C=O) groups is 2. The van der Waals surface area contributed by atoms with E-state index in [9.17, 15) is 9.59 Å². The van der Waals surface area contributed by atoms with Crippen molar-refractivity contribution in [1.82, 2.24) is 4.90 Å². The molecule has 3 rings (SSSR count). The zero-order chi connectivity index (χ0) is 15.9. The van der Waals surface area contributed by atoms with Crippen molar-refractivity contribution in [3.63, 3.8) is 0 Å². The van der Waals surface area contributed by atoms with Crippen LogP contribution in [0.3, 0.4) is 0 Å². The Morgan fingerprint density at radius 1 is 1.36 bits per heavy atom.